The largest absolute Gasteiger partial charge is 0.341 e. The molecule has 0 aromatic heterocycles. The highest BCUT2D eigenvalue weighted by molar-refractivity contribution is 5.82. The van der Waals surface area contributed by atoms with Gasteiger partial charge in [-0.25, -0.2) is 0 Å². The molecule has 5 rings (SSSR count). The molecule has 5 fully saturated rings. The van der Waals surface area contributed by atoms with Gasteiger partial charge in [-0.05, 0) is 75.2 Å². The molecule has 21 heavy (non-hydrogen) atoms. The maximum absolute atomic E-state index is 12.9. The molecule has 4 aliphatic carbocycles. The molecule has 1 saturated heterocycles. The number of likely N-dealkylation sites (N-methyl/N-ethyl adjacent to an activating group) is 1. The molecule has 1 amide bonds. The second kappa shape index (κ2) is 5.57. The Morgan fingerprint density at radius 1 is 0.952 bits per heavy atom. The Morgan fingerprint density at radius 3 is 2.29 bits per heavy atom. The summed E-state index contributed by atoms with van der Waals surface area (Å²) in [6.07, 6.45) is 11.8. The third-order valence-electron chi connectivity index (χ3n) is 6.83. The Balaban J connectivity index is 1.46. The summed E-state index contributed by atoms with van der Waals surface area (Å²) in [6, 6.07) is 0.644. The van der Waals surface area contributed by atoms with Gasteiger partial charge in [0, 0.05) is 13.1 Å². The molecule has 4 bridgehead atoms. The average Bonchev–Trinajstić information content (AvgIpc) is 2.74. The number of nitrogens with one attached hydrogen (secondary N) is 1. The molecule has 1 atom stereocenters. The molecule has 1 aliphatic heterocycles. The Kier molecular flexibility index (Phi) is 3.72. The molecule has 0 aromatic carbocycles. The van der Waals surface area contributed by atoms with Crippen LogP contribution >= 0.6 is 0 Å². The first-order valence-electron chi connectivity index (χ1n) is 9.22. The summed E-state index contributed by atoms with van der Waals surface area (Å²) in [5, 5.41) is 3.49. The highest BCUT2D eigenvalue weighted by atomic mass is 16.2. The molecule has 3 nitrogen and oxygen atoms in total. The zero-order valence-electron chi connectivity index (χ0n) is 13.4. The summed E-state index contributed by atoms with van der Waals surface area (Å²) < 4.78 is 0. The Morgan fingerprint density at radius 2 is 1.62 bits per heavy atom. The summed E-state index contributed by atoms with van der Waals surface area (Å²) in [5.74, 6) is 3.97. The van der Waals surface area contributed by atoms with Crippen LogP contribution in [0.25, 0.3) is 0 Å². The molecule has 1 heterocycles. The van der Waals surface area contributed by atoms with Crippen molar-refractivity contribution in [3.63, 3.8) is 0 Å². The molecule has 0 aromatic rings. The van der Waals surface area contributed by atoms with Gasteiger partial charge in [-0.1, -0.05) is 12.8 Å². The number of carbonyl (C=O) groups excluding carboxylic acids is 1. The number of amides is 1. The second-order valence-corrected chi connectivity index (χ2v) is 8.23. The second-order valence-electron chi connectivity index (χ2n) is 8.23. The predicted octanol–water partition coefficient (Wildman–Crippen LogP) is 2.80. The van der Waals surface area contributed by atoms with Gasteiger partial charge in [0.1, 0.15) is 0 Å². The fraction of sp³-hybridized carbons (Fsp3) is 0.944. The van der Waals surface area contributed by atoms with E-state index in [1.165, 1.54) is 51.4 Å². The van der Waals surface area contributed by atoms with Crippen molar-refractivity contribution in [3.8, 4) is 0 Å². The Hall–Kier alpha value is -0.570. The van der Waals surface area contributed by atoms with Crippen LogP contribution in [0.5, 0.6) is 0 Å². The van der Waals surface area contributed by atoms with E-state index in [0.29, 0.717) is 11.9 Å². The maximum Gasteiger partial charge on any atom is 0.239 e. The van der Waals surface area contributed by atoms with E-state index < -0.39 is 0 Å². The van der Waals surface area contributed by atoms with E-state index in [-0.39, 0.29) is 6.04 Å². The van der Waals surface area contributed by atoms with Crippen molar-refractivity contribution in [1.29, 1.82) is 0 Å². The summed E-state index contributed by atoms with van der Waals surface area (Å²) in [4.78, 5) is 15.1. The standard InChI is InChI=1S/C18H30N2O/c1-20(18(21)16-5-3-2-4-6-19-16)17-14-8-12-7-13(10-14)11-15(17)9-12/h12-17,19H,2-11H2,1H3. The normalized spacial score (nSPS) is 45.4. The van der Waals surface area contributed by atoms with Crippen LogP contribution in [0, 0.1) is 23.7 Å². The van der Waals surface area contributed by atoms with Gasteiger partial charge in [-0.15, -0.1) is 0 Å². The third-order valence-corrected chi connectivity index (χ3v) is 6.83. The van der Waals surface area contributed by atoms with Crippen molar-refractivity contribution in [3.05, 3.63) is 0 Å². The zero-order chi connectivity index (χ0) is 14.4. The lowest BCUT2D eigenvalue weighted by Crippen LogP contribution is -2.59. The highest BCUT2D eigenvalue weighted by Gasteiger charge is 2.50. The summed E-state index contributed by atoms with van der Waals surface area (Å²) in [6.45, 7) is 1.02. The lowest BCUT2D eigenvalue weighted by atomic mass is 9.54. The summed E-state index contributed by atoms with van der Waals surface area (Å²) in [7, 11) is 2.10. The predicted molar refractivity (Wildman–Crippen MR) is 83.9 cm³/mol. The van der Waals surface area contributed by atoms with Crippen molar-refractivity contribution in [2.75, 3.05) is 13.6 Å². The quantitative estimate of drug-likeness (QED) is 0.848. The van der Waals surface area contributed by atoms with Crippen molar-refractivity contribution in [1.82, 2.24) is 10.2 Å². The molecule has 0 radical (unpaired) electrons. The van der Waals surface area contributed by atoms with Gasteiger partial charge in [0.25, 0.3) is 0 Å². The summed E-state index contributed by atoms with van der Waals surface area (Å²) >= 11 is 0. The third kappa shape index (κ3) is 2.52. The van der Waals surface area contributed by atoms with Crippen molar-refractivity contribution < 1.29 is 4.79 Å². The highest BCUT2D eigenvalue weighted by Crippen LogP contribution is 2.55. The topological polar surface area (TPSA) is 32.3 Å². The van der Waals surface area contributed by atoms with Crippen LogP contribution in [0.2, 0.25) is 0 Å². The molecular weight excluding hydrogens is 260 g/mol. The van der Waals surface area contributed by atoms with Crippen molar-refractivity contribution in [2.24, 2.45) is 23.7 Å². The van der Waals surface area contributed by atoms with Gasteiger partial charge in [-0.2, -0.15) is 0 Å². The molecule has 1 unspecified atom stereocenters. The van der Waals surface area contributed by atoms with Crippen molar-refractivity contribution >= 4 is 5.91 Å². The lowest BCUT2D eigenvalue weighted by Gasteiger charge is -2.56. The molecular formula is C18H30N2O. The number of nitrogens with zero attached hydrogens (tertiary/aromatic N) is 1. The molecule has 0 spiro atoms. The minimum Gasteiger partial charge on any atom is -0.341 e. The van der Waals surface area contributed by atoms with E-state index in [4.69, 9.17) is 0 Å². The number of rotatable bonds is 2. The maximum atomic E-state index is 12.9. The molecule has 4 saturated carbocycles. The van der Waals surface area contributed by atoms with E-state index in [1.54, 1.807) is 0 Å². The van der Waals surface area contributed by atoms with Crippen LogP contribution in [0.15, 0.2) is 0 Å². The van der Waals surface area contributed by atoms with Crippen LogP contribution in [0.1, 0.15) is 57.8 Å². The van der Waals surface area contributed by atoms with Gasteiger partial charge < -0.3 is 10.2 Å². The van der Waals surface area contributed by atoms with Crippen LogP contribution in [0.4, 0.5) is 0 Å². The van der Waals surface area contributed by atoms with Gasteiger partial charge in [-0.3, -0.25) is 4.79 Å². The number of hydrogen-bond acceptors (Lipinski definition) is 2. The summed E-state index contributed by atoms with van der Waals surface area (Å²) in [5.41, 5.74) is 0. The fourth-order valence-corrected chi connectivity index (χ4v) is 6.16. The average molecular weight is 290 g/mol. The minimum atomic E-state index is 0.0923. The first kappa shape index (κ1) is 14.0. The number of carbonyl (C=O) groups is 1. The van der Waals surface area contributed by atoms with E-state index in [1.807, 2.05) is 0 Å². The molecule has 5 aliphatic rings. The van der Waals surface area contributed by atoms with Crippen LogP contribution in [0.3, 0.4) is 0 Å². The van der Waals surface area contributed by atoms with E-state index in [2.05, 4.69) is 17.3 Å². The van der Waals surface area contributed by atoms with E-state index >= 15 is 0 Å². The van der Waals surface area contributed by atoms with Crippen molar-refractivity contribution in [2.45, 2.75) is 69.9 Å². The van der Waals surface area contributed by atoms with Crippen LogP contribution < -0.4 is 5.32 Å². The molecule has 1 N–H and O–H groups in total. The van der Waals surface area contributed by atoms with Gasteiger partial charge in [0.2, 0.25) is 5.91 Å². The van der Waals surface area contributed by atoms with E-state index in [0.717, 1.165) is 36.6 Å². The first-order chi connectivity index (χ1) is 10.2. The monoisotopic (exact) mass is 290 g/mol. The Bertz CT molecular complexity index is 372. The molecule has 118 valence electrons. The number of hydrogen-bond donors (Lipinski definition) is 1. The van der Waals surface area contributed by atoms with Gasteiger partial charge >= 0.3 is 0 Å². The van der Waals surface area contributed by atoms with Crippen LogP contribution in [-0.2, 0) is 4.79 Å². The van der Waals surface area contributed by atoms with Gasteiger partial charge in [0.15, 0.2) is 0 Å². The van der Waals surface area contributed by atoms with Crippen LogP contribution in [-0.4, -0.2) is 36.5 Å². The zero-order valence-corrected chi connectivity index (χ0v) is 13.4. The molecule has 3 heteroatoms. The minimum absolute atomic E-state index is 0.0923. The fourth-order valence-electron chi connectivity index (χ4n) is 6.16. The van der Waals surface area contributed by atoms with Gasteiger partial charge in [0.05, 0.1) is 6.04 Å². The Labute approximate surface area is 128 Å². The SMILES string of the molecule is CN(C(=O)C1CCCCCN1)C1C2CC3CC(C2)CC1C3. The van der Waals surface area contributed by atoms with E-state index in [9.17, 15) is 4.79 Å². The smallest absolute Gasteiger partial charge is 0.239 e. The first-order valence-corrected chi connectivity index (χ1v) is 9.22. The lowest BCUT2D eigenvalue weighted by molar-refractivity contribution is -0.143.